The summed E-state index contributed by atoms with van der Waals surface area (Å²) in [6.45, 7) is 5.29. The number of hydrogen-bond acceptors (Lipinski definition) is 5. The second kappa shape index (κ2) is 7.53. The molecule has 7 heteroatoms. The van der Waals surface area contributed by atoms with E-state index >= 15 is 0 Å². The summed E-state index contributed by atoms with van der Waals surface area (Å²) in [6.07, 6.45) is -0.605. The van der Waals surface area contributed by atoms with Gasteiger partial charge in [0.15, 0.2) is 0 Å². The number of benzene rings is 1. The van der Waals surface area contributed by atoms with Gasteiger partial charge in [0.05, 0.1) is 13.7 Å². The maximum absolute atomic E-state index is 11.6. The number of methoxy groups -OCH3 is 1. The Morgan fingerprint density at radius 3 is 2.55 bits per heavy atom. The molecule has 0 aliphatic rings. The number of carbonyl (C=O) groups is 2. The van der Waals surface area contributed by atoms with Crippen LogP contribution in [0.2, 0.25) is 0 Å². The Kier molecular flexibility index (Phi) is 6.03. The number of anilines is 1. The van der Waals surface area contributed by atoms with E-state index in [1.807, 2.05) is 0 Å². The second-order valence-electron chi connectivity index (χ2n) is 5.71. The number of nitrogens with one attached hydrogen (secondary N) is 2. The van der Waals surface area contributed by atoms with Crippen molar-refractivity contribution in [3.63, 3.8) is 0 Å². The molecule has 1 atom stereocenters. The molecule has 0 fully saturated rings. The molecule has 1 aromatic carbocycles. The van der Waals surface area contributed by atoms with E-state index in [-0.39, 0.29) is 6.54 Å². The van der Waals surface area contributed by atoms with Crippen LogP contribution in [0.1, 0.15) is 20.8 Å². The van der Waals surface area contributed by atoms with E-state index in [0.717, 1.165) is 0 Å². The first kappa shape index (κ1) is 17.6. The van der Waals surface area contributed by atoms with Crippen molar-refractivity contribution in [2.45, 2.75) is 32.4 Å². The highest BCUT2D eigenvalue weighted by atomic mass is 16.6. The van der Waals surface area contributed by atoms with Gasteiger partial charge in [0.1, 0.15) is 17.4 Å². The molecule has 0 saturated heterocycles. The quantitative estimate of drug-likeness (QED) is 0.738. The van der Waals surface area contributed by atoms with Crippen LogP contribution in [0.5, 0.6) is 5.75 Å². The monoisotopic (exact) mass is 309 g/mol. The van der Waals surface area contributed by atoms with Gasteiger partial charge in [0.25, 0.3) is 0 Å². The molecule has 1 rings (SSSR count). The molecule has 4 N–H and O–H groups in total. The summed E-state index contributed by atoms with van der Waals surface area (Å²) in [5.74, 6) is 0.0622. The number of alkyl carbamates (subject to hydrolysis) is 1. The Morgan fingerprint density at radius 2 is 2.00 bits per heavy atom. The van der Waals surface area contributed by atoms with Gasteiger partial charge in [-0.05, 0) is 32.9 Å². The van der Waals surface area contributed by atoms with Gasteiger partial charge in [-0.2, -0.15) is 0 Å². The zero-order chi connectivity index (χ0) is 16.8. The van der Waals surface area contributed by atoms with E-state index < -0.39 is 23.6 Å². The molecule has 0 heterocycles. The summed E-state index contributed by atoms with van der Waals surface area (Å²) in [5.41, 5.74) is 5.40. The number of primary amides is 1. The topological polar surface area (TPSA) is 103 Å². The van der Waals surface area contributed by atoms with Gasteiger partial charge >= 0.3 is 6.09 Å². The minimum atomic E-state index is -0.764. The summed E-state index contributed by atoms with van der Waals surface area (Å²) in [6, 6.07) is 6.29. The first-order chi connectivity index (χ1) is 10.2. The Morgan fingerprint density at radius 1 is 1.32 bits per heavy atom. The lowest BCUT2D eigenvalue weighted by molar-refractivity contribution is -0.118. The highest BCUT2D eigenvalue weighted by Crippen LogP contribution is 2.17. The summed E-state index contributed by atoms with van der Waals surface area (Å²) < 4.78 is 10.2. The van der Waals surface area contributed by atoms with Crippen molar-refractivity contribution in [1.29, 1.82) is 0 Å². The molecular formula is C15H23N3O4. The van der Waals surface area contributed by atoms with Gasteiger partial charge in [0, 0.05) is 11.8 Å². The van der Waals surface area contributed by atoms with Gasteiger partial charge in [0.2, 0.25) is 5.91 Å². The Labute approximate surface area is 130 Å². The molecule has 0 saturated carbocycles. The highest BCUT2D eigenvalue weighted by molar-refractivity contribution is 5.84. The SMILES string of the molecule is COc1cccc(NC(CNC(=O)OC(C)(C)C)C(N)=O)c1. The molecule has 122 valence electrons. The van der Waals surface area contributed by atoms with Crippen LogP contribution >= 0.6 is 0 Å². The highest BCUT2D eigenvalue weighted by Gasteiger charge is 2.20. The van der Waals surface area contributed by atoms with Crippen LogP contribution in [0.4, 0.5) is 10.5 Å². The summed E-state index contributed by atoms with van der Waals surface area (Å²) in [7, 11) is 1.55. The Hall–Kier alpha value is -2.44. The van der Waals surface area contributed by atoms with Crippen molar-refractivity contribution in [3.8, 4) is 5.75 Å². The first-order valence-electron chi connectivity index (χ1n) is 6.88. The summed E-state index contributed by atoms with van der Waals surface area (Å²) in [4.78, 5) is 23.1. The normalized spacial score (nSPS) is 12.2. The average molecular weight is 309 g/mol. The number of ether oxygens (including phenoxy) is 2. The van der Waals surface area contributed by atoms with Crippen molar-refractivity contribution < 1.29 is 19.1 Å². The number of rotatable bonds is 6. The molecule has 1 unspecified atom stereocenters. The minimum absolute atomic E-state index is 0.0153. The van der Waals surface area contributed by atoms with Gasteiger partial charge in [-0.25, -0.2) is 4.79 Å². The lowest BCUT2D eigenvalue weighted by atomic mass is 10.2. The number of hydrogen-bond donors (Lipinski definition) is 3. The van der Waals surface area contributed by atoms with Crippen molar-refractivity contribution >= 4 is 17.7 Å². The zero-order valence-corrected chi connectivity index (χ0v) is 13.3. The van der Waals surface area contributed by atoms with Crippen molar-refractivity contribution in [3.05, 3.63) is 24.3 Å². The number of nitrogens with two attached hydrogens (primary N) is 1. The Balaban J connectivity index is 2.62. The van der Waals surface area contributed by atoms with Crippen LogP contribution in [0.15, 0.2) is 24.3 Å². The van der Waals surface area contributed by atoms with E-state index in [2.05, 4.69) is 10.6 Å². The predicted octanol–water partition coefficient (Wildman–Crippen LogP) is 1.49. The molecule has 0 aromatic heterocycles. The van der Waals surface area contributed by atoms with E-state index in [9.17, 15) is 9.59 Å². The van der Waals surface area contributed by atoms with Crippen LogP contribution in [-0.2, 0) is 9.53 Å². The lowest BCUT2D eigenvalue weighted by Crippen LogP contribution is -2.46. The smallest absolute Gasteiger partial charge is 0.407 e. The molecule has 0 aliphatic carbocycles. The maximum atomic E-state index is 11.6. The second-order valence-corrected chi connectivity index (χ2v) is 5.71. The van der Waals surface area contributed by atoms with Crippen molar-refractivity contribution in [2.75, 3.05) is 19.0 Å². The van der Waals surface area contributed by atoms with Crippen LogP contribution in [0, 0.1) is 0 Å². The fourth-order valence-corrected chi connectivity index (χ4v) is 1.64. The molecule has 1 aromatic rings. The van der Waals surface area contributed by atoms with Crippen molar-refractivity contribution in [2.24, 2.45) is 5.73 Å². The fourth-order valence-electron chi connectivity index (χ4n) is 1.64. The van der Waals surface area contributed by atoms with Gasteiger partial charge < -0.3 is 25.8 Å². The van der Waals surface area contributed by atoms with E-state index in [1.54, 1.807) is 52.1 Å². The lowest BCUT2D eigenvalue weighted by Gasteiger charge is -2.22. The summed E-state index contributed by atoms with van der Waals surface area (Å²) >= 11 is 0. The van der Waals surface area contributed by atoms with Gasteiger partial charge in [-0.15, -0.1) is 0 Å². The van der Waals surface area contributed by atoms with Gasteiger partial charge in [-0.1, -0.05) is 6.07 Å². The van der Waals surface area contributed by atoms with Crippen LogP contribution in [0.25, 0.3) is 0 Å². The predicted molar refractivity (Wildman–Crippen MR) is 83.8 cm³/mol. The molecule has 0 bridgehead atoms. The standard InChI is InChI=1S/C15H23N3O4/c1-15(2,3)22-14(20)17-9-12(13(16)19)18-10-6-5-7-11(8-10)21-4/h5-8,12,18H,9H2,1-4H3,(H2,16,19)(H,17,20). The maximum Gasteiger partial charge on any atom is 0.407 e. The summed E-state index contributed by atoms with van der Waals surface area (Å²) in [5, 5.41) is 5.46. The number of carbonyl (C=O) groups excluding carboxylic acids is 2. The molecule has 0 aliphatic heterocycles. The third-order valence-corrected chi connectivity index (χ3v) is 2.60. The van der Waals surface area contributed by atoms with E-state index in [4.69, 9.17) is 15.2 Å². The molecule has 0 radical (unpaired) electrons. The van der Waals surface area contributed by atoms with Crippen LogP contribution in [0.3, 0.4) is 0 Å². The van der Waals surface area contributed by atoms with Gasteiger partial charge in [-0.3, -0.25) is 4.79 Å². The largest absolute Gasteiger partial charge is 0.497 e. The van der Waals surface area contributed by atoms with Crippen LogP contribution in [-0.4, -0.2) is 37.3 Å². The van der Waals surface area contributed by atoms with Crippen LogP contribution < -0.4 is 21.1 Å². The molecular weight excluding hydrogens is 286 g/mol. The average Bonchev–Trinajstić information content (AvgIpc) is 2.41. The Bertz CT molecular complexity index is 526. The fraction of sp³-hybridized carbons (Fsp3) is 0.467. The molecule has 2 amide bonds. The molecule has 7 nitrogen and oxygen atoms in total. The molecule has 0 spiro atoms. The third-order valence-electron chi connectivity index (χ3n) is 2.60. The van der Waals surface area contributed by atoms with E-state index in [0.29, 0.717) is 11.4 Å². The third kappa shape index (κ3) is 6.34. The van der Waals surface area contributed by atoms with Crippen molar-refractivity contribution in [1.82, 2.24) is 5.32 Å². The zero-order valence-electron chi connectivity index (χ0n) is 13.3. The molecule has 22 heavy (non-hydrogen) atoms. The first-order valence-corrected chi connectivity index (χ1v) is 6.88. The van der Waals surface area contributed by atoms with E-state index in [1.165, 1.54) is 0 Å². The number of amides is 2. The minimum Gasteiger partial charge on any atom is -0.497 e.